The fraction of sp³-hybridized carbons (Fsp3) is 0.364. The Morgan fingerprint density at radius 2 is 2.05 bits per heavy atom. The summed E-state index contributed by atoms with van der Waals surface area (Å²) in [6, 6.07) is -1.19. The third-order valence-corrected chi connectivity index (χ3v) is 2.30. The monoisotopic (exact) mass is 266 g/mol. The number of primary amides is 1. The zero-order chi connectivity index (χ0) is 14.4. The van der Waals surface area contributed by atoms with Crippen LogP contribution in [0.3, 0.4) is 0 Å². The zero-order valence-corrected chi connectivity index (χ0v) is 10.3. The van der Waals surface area contributed by atoms with Crippen molar-refractivity contribution in [3.05, 3.63) is 23.8 Å². The van der Waals surface area contributed by atoms with Crippen molar-refractivity contribution in [1.29, 1.82) is 0 Å². The molecule has 1 rings (SSSR count). The Hall–Kier alpha value is -2.51. The van der Waals surface area contributed by atoms with Gasteiger partial charge in [0.2, 0.25) is 5.91 Å². The number of carboxylic acid groups (broad SMARTS) is 1. The molecule has 1 atom stereocenters. The molecule has 0 aliphatic rings. The summed E-state index contributed by atoms with van der Waals surface area (Å²) in [5.41, 5.74) is 5.58. The molecule has 0 radical (unpaired) electrons. The molecule has 2 amide bonds. The van der Waals surface area contributed by atoms with Gasteiger partial charge in [-0.1, -0.05) is 0 Å². The minimum absolute atomic E-state index is 0.0101. The lowest BCUT2D eigenvalue weighted by molar-refractivity contribution is -0.139. The van der Waals surface area contributed by atoms with E-state index >= 15 is 0 Å². The average Bonchev–Trinajstić information content (AvgIpc) is 2.34. The molecular weight excluding hydrogens is 252 g/mol. The first kappa shape index (κ1) is 14.6. The van der Waals surface area contributed by atoms with Crippen LogP contribution in [0.5, 0.6) is 0 Å². The lowest BCUT2D eigenvalue weighted by Crippen LogP contribution is -2.41. The molecule has 1 aromatic rings. The number of hydrogen-bond donors (Lipinski definition) is 3. The number of carbonyl (C=O) groups is 3. The number of aryl methyl sites for hydroxylation is 1. The molecule has 0 spiro atoms. The molecule has 8 heteroatoms. The van der Waals surface area contributed by atoms with Crippen molar-refractivity contribution in [2.24, 2.45) is 5.73 Å². The molecule has 0 saturated heterocycles. The first-order chi connectivity index (χ1) is 8.90. The molecule has 8 nitrogen and oxygen atoms in total. The molecule has 102 valence electrons. The van der Waals surface area contributed by atoms with Gasteiger partial charge in [-0.25, -0.2) is 9.78 Å². The SMILES string of the molecule is Cc1cnc(C(=O)N[C@H](CCC(N)=O)C(=O)O)cn1. The maximum Gasteiger partial charge on any atom is 0.326 e. The third-order valence-electron chi connectivity index (χ3n) is 2.30. The second-order valence-electron chi connectivity index (χ2n) is 3.91. The Kier molecular flexibility index (Phi) is 4.92. The summed E-state index contributed by atoms with van der Waals surface area (Å²) < 4.78 is 0. The van der Waals surface area contributed by atoms with Crippen LogP contribution in [0.1, 0.15) is 29.0 Å². The topological polar surface area (TPSA) is 135 Å². The maximum absolute atomic E-state index is 11.7. The molecule has 19 heavy (non-hydrogen) atoms. The maximum atomic E-state index is 11.7. The van der Waals surface area contributed by atoms with Gasteiger partial charge in [0.25, 0.3) is 5.91 Å². The second kappa shape index (κ2) is 6.43. The van der Waals surface area contributed by atoms with Gasteiger partial charge in [0.1, 0.15) is 11.7 Å². The molecule has 4 N–H and O–H groups in total. The highest BCUT2D eigenvalue weighted by molar-refractivity contribution is 5.94. The van der Waals surface area contributed by atoms with Gasteiger partial charge in [-0.3, -0.25) is 14.6 Å². The fourth-order valence-corrected chi connectivity index (χ4v) is 1.29. The van der Waals surface area contributed by atoms with Gasteiger partial charge in [-0.05, 0) is 13.3 Å². The van der Waals surface area contributed by atoms with Crippen molar-refractivity contribution >= 4 is 17.8 Å². The van der Waals surface area contributed by atoms with E-state index in [1.807, 2.05) is 0 Å². The Bertz CT molecular complexity index is 486. The van der Waals surface area contributed by atoms with Crippen LogP contribution in [-0.2, 0) is 9.59 Å². The van der Waals surface area contributed by atoms with E-state index in [9.17, 15) is 14.4 Å². The third kappa shape index (κ3) is 4.70. The van der Waals surface area contributed by atoms with Gasteiger partial charge in [-0.15, -0.1) is 0 Å². The summed E-state index contributed by atoms with van der Waals surface area (Å²) in [6.45, 7) is 1.71. The summed E-state index contributed by atoms with van der Waals surface area (Å²) in [5.74, 6) is -2.53. The smallest absolute Gasteiger partial charge is 0.326 e. The molecule has 0 unspecified atom stereocenters. The van der Waals surface area contributed by atoms with Gasteiger partial charge in [0.15, 0.2) is 0 Å². The van der Waals surface area contributed by atoms with E-state index in [-0.39, 0.29) is 18.5 Å². The quantitative estimate of drug-likeness (QED) is 0.618. The van der Waals surface area contributed by atoms with Crippen molar-refractivity contribution in [2.45, 2.75) is 25.8 Å². The van der Waals surface area contributed by atoms with E-state index in [1.165, 1.54) is 12.4 Å². The molecule has 0 bridgehead atoms. The number of nitrogens with two attached hydrogens (primary N) is 1. The minimum Gasteiger partial charge on any atom is -0.480 e. The zero-order valence-electron chi connectivity index (χ0n) is 10.3. The normalized spacial score (nSPS) is 11.6. The van der Waals surface area contributed by atoms with E-state index < -0.39 is 23.8 Å². The molecule has 0 fully saturated rings. The number of carbonyl (C=O) groups excluding carboxylic acids is 2. The first-order valence-electron chi connectivity index (χ1n) is 5.50. The van der Waals surface area contributed by atoms with Gasteiger partial charge in [0.05, 0.1) is 11.9 Å². The Morgan fingerprint density at radius 3 is 2.53 bits per heavy atom. The minimum atomic E-state index is -1.24. The Labute approximate surface area is 109 Å². The standard InChI is InChI=1S/C11H14N4O4/c1-6-4-14-8(5-13-6)10(17)15-7(11(18)19)2-3-9(12)16/h4-5,7H,2-3H2,1H3,(H2,12,16)(H,15,17)(H,18,19)/t7-/m1/s1. The highest BCUT2D eigenvalue weighted by Crippen LogP contribution is 2.00. The van der Waals surface area contributed by atoms with Crippen LogP contribution < -0.4 is 11.1 Å². The van der Waals surface area contributed by atoms with Crippen LogP contribution in [0, 0.1) is 6.92 Å². The van der Waals surface area contributed by atoms with Crippen LogP contribution in [0.25, 0.3) is 0 Å². The number of carboxylic acids is 1. The highest BCUT2D eigenvalue weighted by atomic mass is 16.4. The summed E-state index contributed by atoms with van der Waals surface area (Å²) in [6.07, 6.45) is 2.44. The van der Waals surface area contributed by atoms with Crippen LogP contribution in [0.2, 0.25) is 0 Å². The average molecular weight is 266 g/mol. The van der Waals surface area contributed by atoms with Crippen LogP contribution in [0.15, 0.2) is 12.4 Å². The molecule has 0 saturated carbocycles. The van der Waals surface area contributed by atoms with Crippen LogP contribution in [-0.4, -0.2) is 38.9 Å². The summed E-state index contributed by atoms with van der Waals surface area (Å²) >= 11 is 0. The highest BCUT2D eigenvalue weighted by Gasteiger charge is 2.21. The molecule has 1 aromatic heterocycles. The van der Waals surface area contributed by atoms with Gasteiger partial charge >= 0.3 is 5.97 Å². The van der Waals surface area contributed by atoms with E-state index in [1.54, 1.807) is 6.92 Å². The van der Waals surface area contributed by atoms with Crippen LogP contribution >= 0.6 is 0 Å². The van der Waals surface area contributed by atoms with E-state index in [0.717, 1.165) is 0 Å². The molecule has 1 heterocycles. The summed E-state index contributed by atoms with van der Waals surface area (Å²) in [7, 11) is 0. The molecular formula is C11H14N4O4. The number of aliphatic carboxylic acids is 1. The number of nitrogens with zero attached hydrogens (tertiary/aromatic N) is 2. The lowest BCUT2D eigenvalue weighted by Gasteiger charge is -2.13. The van der Waals surface area contributed by atoms with Gasteiger partial charge in [0, 0.05) is 12.6 Å². The van der Waals surface area contributed by atoms with E-state index in [4.69, 9.17) is 10.8 Å². The van der Waals surface area contributed by atoms with Crippen molar-refractivity contribution in [1.82, 2.24) is 15.3 Å². The van der Waals surface area contributed by atoms with E-state index in [0.29, 0.717) is 5.69 Å². The summed E-state index contributed by atoms with van der Waals surface area (Å²) in [4.78, 5) is 41.0. The lowest BCUT2D eigenvalue weighted by atomic mass is 10.1. The predicted octanol–water partition coefficient (Wildman–Crippen LogP) is -0.766. The van der Waals surface area contributed by atoms with Crippen LogP contribution in [0.4, 0.5) is 0 Å². The number of aromatic nitrogens is 2. The van der Waals surface area contributed by atoms with E-state index in [2.05, 4.69) is 15.3 Å². The Balaban J connectivity index is 2.68. The largest absolute Gasteiger partial charge is 0.480 e. The van der Waals surface area contributed by atoms with Crippen molar-refractivity contribution in [2.75, 3.05) is 0 Å². The van der Waals surface area contributed by atoms with Crippen molar-refractivity contribution in [3.63, 3.8) is 0 Å². The first-order valence-corrected chi connectivity index (χ1v) is 5.50. The second-order valence-corrected chi connectivity index (χ2v) is 3.91. The van der Waals surface area contributed by atoms with Crippen molar-refractivity contribution in [3.8, 4) is 0 Å². The molecule has 0 aromatic carbocycles. The predicted molar refractivity (Wildman–Crippen MR) is 64.1 cm³/mol. The van der Waals surface area contributed by atoms with Gasteiger partial charge < -0.3 is 16.2 Å². The van der Waals surface area contributed by atoms with Crippen molar-refractivity contribution < 1.29 is 19.5 Å². The summed E-state index contributed by atoms with van der Waals surface area (Å²) in [5, 5.41) is 11.2. The number of nitrogens with one attached hydrogen (secondary N) is 1. The fourth-order valence-electron chi connectivity index (χ4n) is 1.29. The molecule has 0 aliphatic carbocycles. The molecule has 0 aliphatic heterocycles. The number of rotatable bonds is 6. The van der Waals surface area contributed by atoms with Gasteiger partial charge in [-0.2, -0.15) is 0 Å². The number of amides is 2. The number of hydrogen-bond acceptors (Lipinski definition) is 5. The Morgan fingerprint density at radius 1 is 1.37 bits per heavy atom.